The van der Waals surface area contributed by atoms with Crippen LogP contribution in [0.3, 0.4) is 0 Å². The number of hydrogen-bond acceptors (Lipinski definition) is 10. The van der Waals surface area contributed by atoms with Crippen LogP contribution in [-0.2, 0) is 39.1 Å². The molecule has 0 unspecified atom stereocenters. The number of carbonyl (C=O) groups excluding carboxylic acids is 2. The summed E-state index contributed by atoms with van der Waals surface area (Å²) < 4.78 is 64.5. The van der Waals surface area contributed by atoms with Gasteiger partial charge in [0.05, 0.1) is 21.7 Å². The quantitative estimate of drug-likeness (QED) is 0.196. The SMILES string of the molecule is Cn1c(=O)c(C(=O)OCc2ccccc2)c2c3c(c(Nc4ccc(S(=O)(=O)O)cc4)ccc31)C(=O)c1ccccc1-2.O=S(=O)=O. The molecule has 1 aromatic heterocycles. The molecule has 0 amide bonds. The first kappa shape index (κ1) is 31.0. The number of rotatable bonds is 6. The standard InChI is InChI=1S/C31H22N2O7S.O3S/c1-33-24-16-15-23(32-19-11-13-20(14-12-19)41(37,38)39)26-27(24)25(21-9-5-6-10-22(21)29(26)34)28(30(33)35)31(36)40-17-18-7-3-2-4-8-18;1-4(2)3/h2-16,32H,17H2,1H3,(H,37,38,39);. The molecule has 0 spiro atoms. The monoisotopic (exact) mass is 646 g/mol. The highest BCUT2D eigenvalue weighted by atomic mass is 32.2. The number of nitrogens with one attached hydrogen (secondary N) is 1. The number of esters is 1. The predicted octanol–water partition coefficient (Wildman–Crippen LogP) is 4.09. The van der Waals surface area contributed by atoms with Crippen molar-refractivity contribution in [2.75, 3.05) is 5.32 Å². The van der Waals surface area contributed by atoms with E-state index in [4.69, 9.17) is 17.4 Å². The van der Waals surface area contributed by atoms with Crippen molar-refractivity contribution in [3.63, 3.8) is 0 Å². The van der Waals surface area contributed by atoms with E-state index >= 15 is 0 Å². The van der Waals surface area contributed by atoms with Gasteiger partial charge in [0.25, 0.3) is 15.7 Å². The molecule has 0 saturated heterocycles. The number of anilines is 2. The molecule has 1 aliphatic carbocycles. The zero-order valence-corrected chi connectivity index (χ0v) is 24.9. The lowest BCUT2D eigenvalue weighted by Gasteiger charge is -2.25. The maximum Gasteiger partial charge on any atom is 0.425 e. The molecule has 0 aliphatic heterocycles. The van der Waals surface area contributed by atoms with Crippen LogP contribution >= 0.6 is 0 Å². The minimum atomic E-state index is -4.38. The van der Waals surface area contributed by atoms with Crippen molar-refractivity contribution in [2.24, 2.45) is 7.05 Å². The Bertz CT molecular complexity index is 2280. The number of fused-ring (bicyclic) bond motifs is 2. The summed E-state index contributed by atoms with van der Waals surface area (Å²) in [5.74, 6) is -1.11. The van der Waals surface area contributed by atoms with Crippen LogP contribution in [-0.4, -0.2) is 41.9 Å². The second kappa shape index (κ2) is 12.3. The number of carbonyl (C=O) groups is 2. The van der Waals surface area contributed by atoms with E-state index in [1.165, 1.54) is 35.9 Å². The number of ether oxygens (including phenoxy) is 1. The van der Waals surface area contributed by atoms with Crippen molar-refractivity contribution in [2.45, 2.75) is 11.5 Å². The number of hydrogen-bond donors (Lipinski definition) is 2. The van der Waals surface area contributed by atoms with Gasteiger partial charge in [-0.05, 0) is 47.5 Å². The largest absolute Gasteiger partial charge is 0.457 e. The highest BCUT2D eigenvalue weighted by Crippen LogP contribution is 2.43. The zero-order valence-electron chi connectivity index (χ0n) is 23.3. The molecular weight excluding hydrogens is 624 g/mol. The van der Waals surface area contributed by atoms with Crippen LogP contribution in [0.25, 0.3) is 22.0 Å². The van der Waals surface area contributed by atoms with Gasteiger partial charge in [-0.3, -0.25) is 14.1 Å². The third kappa shape index (κ3) is 6.15. The topological polar surface area (TPSA) is 183 Å². The van der Waals surface area contributed by atoms with E-state index in [0.29, 0.717) is 39.0 Å². The summed E-state index contributed by atoms with van der Waals surface area (Å²) in [4.78, 5) is 40.8. The molecular formula is C31H22N2O10S2. The van der Waals surface area contributed by atoms with Gasteiger partial charge >= 0.3 is 16.6 Å². The summed E-state index contributed by atoms with van der Waals surface area (Å²) in [6, 6.07) is 24.6. The van der Waals surface area contributed by atoms with E-state index in [2.05, 4.69) is 5.32 Å². The van der Waals surface area contributed by atoms with Crippen LogP contribution in [0.15, 0.2) is 101 Å². The van der Waals surface area contributed by atoms with Crippen molar-refractivity contribution in [1.29, 1.82) is 0 Å². The summed E-state index contributed by atoms with van der Waals surface area (Å²) in [5, 5.41) is 3.56. The molecule has 1 aliphatic rings. The summed E-state index contributed by atoms with van der Waals surface area (Å²) in [6.45, 7) is -0.0328. The third-order valence-corrected chi connectivity index (χ3v) is 7.95. The Morgan fingerprint density at radius 2 is 1.44 bits per heavy atom. The Morgan fingerprint density at radius 1 is 0.844 bits per heavy atom. The summed E-state index contributed by atoms with van der Waals surface area (Å²) in [6.07, 6.45) is 0. The first-order valence-corrected chi connectivity index (χ1v) is 15.5. The van der Waals surface area contributed by atoms with Gasteiger partial charge in [-0.15, -0.1) is 12.6 Å². The van der Waals surface area contributed by atoms with E-state index in [1.54, 1.807) is 36.4 Å². The number of nitrogens with zero attached hydrogens (tertiary/aromatic N) is 1. The normalized spacial score (nSPS) is 11.6. The Labute approximate surface area is 257 Å². The van der Waals surface area contributed by atoms with Crippen molar-refractivity contribution >= 4 is 54.8 Å². The van der Waals surface area contributed by atoms with Crippen LogP contribution in [0.4, 0.5) is 11.4 Å². The summed E-state index contributed by atoms with van der Waals surface area (Å²) in [5.41, 5.74) is 2.67. The van der Waals surface area contributed by atoms with Gasteiger partial charge in [-0.2, -0.15) is 8.42 Å². The van der Waals surface area contributed by atoms with Gasteiger partial charge in [-0.1, -0.05) is 54.6 Å². The van der Waals surface area contributed by atoms with Gasteiger partial charge in [0.15, 0.2) is 5.78 Å². The molecule has 228 valence electrons. The minimum Gasteiger partial charge on any atom is -0.457 e. The molecule has 45 heavy (non-hydrogen) atoms. The Balaban J connectivity index is 0.000000945. The molecule has 12 nitrogen and oxygen atoms in total. The van der Waals surface area contributed by atoms with E-state index < -0.39 is 32.3 Å². The second-order valence-electron chi connectivity index (χ2n) is 9.76. The molecule has 1 heterocycles. The van der Waals surface area contributed by atoms with Crippen molar-refractivity contribution in [1.82, 2.24) is 4.57 Å². The van der Waals surface area contributed by atoms with Gasteiger partial charge in [-0.25, -0.2) is 4.79 Å². The van der Waals surface area contributed by atoms with Gasteiger partial charge in [0.2, 0.25) is 0 Å². The van der Waals surface area contributed by atoms with E-state index in [-0.39, 0.29) is 28.4 Å². The number of aromatic nitrogens is 1. The molecule has 14 heteroatoms. The fourth-order valence-electron chi connectivity index (χ4n) is 5.13. The van der Waals surface area contributed by atoms with E-state index in [0.717, 1.165) is 5.56 Å². The number of benzene rings is 4. The highest BCUT2D eigenvalue weighted by Gasteiger charge is 2.34. The van der Waals surface area contributed by atoms with Crippen LogP contribution < -0.4 is 10.9 Å². The summed E-state index contributed by atoms with van der Waals surface area (Å²) >= 11 is 0. The fraction of sp³-hybridized carbons (Fsp3) is 0.0645. The maximum atomic E-state index is 13.9. The van der Waals surface area contributed by atoms with Gasteiger partial charge < -0.3 is 14.6 Å². The lowest BCUT2D eigenvalue weighted by molar-refractivity contribution is 0.0471. The molecule has 0 radical (unpaired) electrons. The van der Waals surface area contributed by atoms with Crippen LogP contribution in [0, 0.1) is 0 Å². The van der Waals surface area contributed by atoms with Crippen LogP contribution in [0.5, 0.6) is 0 Å². The number of aryl methyl sites for hydroxylation is 1. The molecule has 0 fully saturated rings. The summed E-state index contributed by atoms with van der Waals surface area (Å²) in [7, 11) is -5.95. The highest BCUT2D eigenvalue weighted by molar-refractivity contribution is 7.85. The molecule has 5 aromatic rings. The molecule has 0 saturated carbocycles. The van der Waals surface area contributed by atoms with Crippen LogP contribution in [0.2, 0.25) is 0 Å². The third-order valence-electron chi connectivity index (χ3n) is 7.08. The first-order chi connectivity index (χ1) is 21.4. The Morgan fingerprint density at radius 3 is 2.07 bits per heavy atom. The van der Waals surface area contributed by atoms with Crippen molar-refractivity contribution in [3.05, 3.63) is 124 Å². The Hall–Kier alpha value is -5.44. The van der Waals surface area contributed by atoms with Gasteiger partial charge in [0, 0.05) is 29.2 Å². The van der Waals surface area contributed by atoms with Gasteiger partial charge in [0.1, 0.15) is 12.2 Å². The molecule has 0 bridgehead atoms. The first-order valence-electron chi connectivity index (χ1n) is 13.0. The lowest BCUT2D eigenvalue weighted by Crippen LogP contribution is -2.29. The number of ketones is 1. The van der Waals surface area contributed by atoms with Crippen LogP contribution in [0.1, 0.15) is 31.8 Å². The van der Waals surface area contributed by atoms with Crippen molar-refractivity contribution in [3.8, 4) is 11.1 Å². The zero-order chi connectivity index (χ0) is 32.5. The molecule has 4 aromatic carbocycles. The smallest absolute Gasteiger partial charge is 0.425 e. The Kier molecular flexibility index (Phi) is 8.46. The van der Waals surface area contributed by atoms with Crippen molar-refractivity contribution < 1.29 is 39.9 Å². The fourth-order valence-corrected chi connectivity index (χ4v) is 5.61. The average Bonchev–Trinajstić information content (AvgIpc) is 3.01. The predicted molar refractivity (Wildman–Crippen MR) is 163 cm³/mol. The maximum absolute atomic E-state index is 13.9. The van der Waals surface area contributed by atoms with E-state index in [1.807, 2.05) is 30.3 Å². The number of pyridine rings is 1. The molecule has 2 N–H and O–H groups in total. The van der Waals surface area contributed by atoms with E-state index in [9.17, 15) is 27.4 Å². The second-order valence-corrected chi connectivity index (χ2v) is 11.6. The average molecular weight is 647 g/mol. The molecule has 6 rings (SSSR count). The lowest BCUT2D eigenvalue weighted by atomic mass is 9.81. The molecule has 0 atom stereocenters. The minimum absolute atomic E-state index is 0.0328.